The first-order valence-corrected chi connectivity index (χ1v) is 8.27. The zero-order valence-corrected chi connectivity index (χ0v) is 13.3. The zero-order valence-electron chi connectivity index (χ0n) is 12.5. The number of hydrogen-bond donors (Lipinski definition) is 4. The van der Waals surface area contributed by atoms with E-state index in [-0.39, 0.29) is 17.4 Å². The van der Waals surface area contributed by atoms with E-state index in [2.05, 4.69) is 10.6 Å². The molecule has 2 heterocycles. The molecule has 0 spiro atoms. The normalized spacial score (nSPS) is 16.2. The van der Waals surface area contributed by atoms with E-state index in [4.69, 9.17) is 0 Å². The number of phenolic OH excluding ortho intramolecular Hbond substituents is 2. The summed E-state index contributed by atoms with van der Waals surface area (Å²) in [5.41, 5.74) is 2.98. The van der Waals surface area contributed by atoms with E-state index in [1.54, 1.807) is 6.07 Å². The summed E-state index contributed by atoms with van der Waals surface area (Å²) < 4.78 is 0. The molecular formula is C18H14N2O3S. The Bertz CT molecular complexity index is 921. The number of anilines is 1. The van der Waals surface area contributed by atoms with Crippen LogP contribution in [0, 0.1) is 0 Å². The summed E-state index contributed by atoms with van der Waals surface area (Å²) in [7, 11) is 0. The van der Waals surface area contributed by atoms with Gasteiger partial charge in [0.15, 0.2) is 0 Å². The van der Waals surface area contributed by atoms with E-state index < -0.39 is 6.17 Å². The Morgan fingerprint density at radius 1 is 1.00 bits per heavy atom. The van der Waals surface area contributed by atoms with E-state index in [0.29, 0.717) is 11.1 Å². The van der Waals surface area contributed by atoms with Crippen molar-refractivity contribution in [2.45, 2.75) is 6.17 Å². The predicted octanol–water partition coefficient (Wildman–Crippen LogP) is 3.68. The minimum atomic E-state index is -0.548. The molecule has 1 atom stereocenters. The van der Waals surface area contributed by atoms with Gasteiger partial charge in [-0.2, -0.15) is 0 Å². The van der Waals surface area contributed by atoms with Crippen LogP contribution in [0.2, 0.25) is 0 Å². The van der Waals surface area contributed by atoms with Gasteiger partial charge in [0.2, 0.25) is 0 Å². The third kappa shape index (κ3) is 2.37. The Labute approximate surface area is 142 Å². The van der Waals surface area contributed by atoms with Gasteiger partial charge in [-0.3, -0.25) is 4.79 Å². The molecule has 3 aromatic rings. The lowest BCUT2D eigenvalue weighted by molar-refractivity contribution is 0.0937. The smallest absolute Gasteiger partial charge is 0.256 e. The number of aromatic hydroxyl groups is 2. The molecule has 0 aliphatic carbocycles. The fraction of sp³-hybridized carbons (Fsp3) is 0.0556. The number of carbonyl (C=O) groups is 1. The highest BCUT2D eigenvalue weighted by Crippen LogP contribution is 2.40. The molecule has 24 heavy (non-hydrogen) atoms. The summed E-state index contributed by atoms with van der Waals surface area (Å²) in [4.78, 5) is 12.6. The van der Waals surface area contributed by atoms with Gasteiger partial charge in [0.1, 0.15) is 22.7 Å². The number of nitrogens with one attached hydrogen (secondary N) is 2. The number of fused-ring (bicyclic) bond motifs is 1. The SMILES string of the molecule is O=C1NC(c2ccc(O)cc2O)Nc2scc(-c3ccccc3)c21. The number of amides is 1. The topological polar surface area (TPSA) is 81.6 Å². The van der Waals surface area contributed by atoms with Crippen molar-refractivity contribution in [1.82, 2.24) is 5.32 Å². The first kappa shape index (κ1) is 14.6. The second-order valence-corrected chi connectivity index (χ2v) is 6.39. The van der Waals surface area contributed by atoms with Gasteiger partial charge in [-0.25, -0.2) is 0 Å². The molecule has 2 aromatic carbocycles. The summed E-state index contributed by atoms with van der Waals surface area (Å²) in [6.45, 7) is 0. The lowest BCUT2D eigenvalue weighted by Crippen LogP contribution is -2.37. The van der Waals surface area contributed by atoms with E-state index in [9.17, 15) is 15.0 Å². The molecular weight excluding hydrogens is 324 g/mol. The number of rotatable bonds is 2. The van der Waals surface area contributed by atoms with Crippen LogP contribution in [-0.2, 0) is 0 Å². The van der Waals surface area contributed by atoms with Crippen LogP contribution in [0.25, 0.3) is 11.1 Å². The molecule has 1 aliphatic heterocycles. The molecule has 0 saturated carbocycles. The molecule has 120 valence electrons. The molecule has 1 amide bonds. The van der Waals surface area contributed by atoms with Crippen LogP contribution in [0.1, 0.15) is 22.1 Å². The standard InChI is InChI=1S/C18H14N2O3S/c21-11-6-7-12(14(22)8-11)16-19-17(23)15-13(9-24-18(15)20-16)10-4-2-1-3-5-10/h1-9,16,20-22H,(H,19,23). The van der Waals surface area contributed by atoms with Crippen LogP contribution in [0.15, 0.2) is 53.9 Å². The molecule has 5 nitrogen and oxygen atoms in total. The summed E-state index contributed by atoms with van der Waals surface area (Å²) in [6.07, 6.45) is -0.548. The number of hydrogen-bond acceptors (Lipinski definition) is 5. The number of thiophene rings is 1. The molecule has 0 fully saturated rings. The molecule has 0 bridgehead atoms. The van der Waals surface area contributed by atoms with Crippen molar-refractivity contribution in [1.29, 1.82) is 0 Å². The Morgan fingerprint density at radius 3 is 2.54 bits per heavy atom. The largest absolute Gasteiger partial charge is 0.508 e. The van der Waals surface area contributed by atoms with Gasteiger partial charge in [0, 0.05) is 22.6 Å². The first-order chi connectivity index (χ1) is 11.6. The van der Waals surface area contributed by atoms with Crippen LogP contribution in [-0.4, -0.2) is 16.1 Å². The predicted molar refractivity (Wildman–Crippen MR) is 93.4 cm³/mol. The quantitative estimate of drug-likeness (QED) is 0.574. The monoisotopic (exact) mass is 338 g/mol. The molecule has 1 unspecified atom stereocenters. The van der Waals surface area contributed by atoms with Gasteiger partial charge >= 0.3 is 0 Å². The van der Waals surface area contributed by atoms with Gasteiger partial charge < -0.3 is 20.8 Å². The van der Waals surface area contributed by atoms with Crippen LogP contribution < -0.4 is 10.6 Å². The van der Waals surface area contributed by atoms with Crippen molar-refractivity contribution in [2.75, 3.05) is 5.32 Å². The Balaban J connectivity index is 1.72. The third-order valence-electron chi connectivity index (χ3n) is 3.98. The molecule has 1 aromatic heterocycles. The van der Waals surface area contributed by atoms with Crippen molar-refractivity contribution in [3.63, 3.8) is 0 Å². The summed E-state index contributed by atoms with van der Waals surface area (Å²) in [6, 6.07) is 14.0. The highest BCUT2D eigenvalue weighted by atomic mass is 32.1. The summed E-state index contributed by atoms with van der Waals surface area (Å²) >= 11 is 1.46. The fourth-order valence-corrected chi connectivity index (χ4v) is 3.82. The van der Waals surface area contributed by atoms with E-state index in [1.165, 1.54) is 23.5 Å². The van der Waals surface area contributed by atoms with Gasteiger partial charge in [0.25, 0.3) is 5.91 Å². The molecule has 4 N–H and O–H groups in total. The zero-order chi connectivity index (χ0) is 16.7. The van der Waals surface area contributed by atoms with Crippen molar-refractivity contribution < 1.29 is 15.0 Å². The Morgan fingerprint density at radius 2 is 1.79 bits per heavy atom. The lowest BCUT2D eigenvalue weighted by Gasteiger charge is -2.27. The van der Waals surface area contributed by atoms with Crippen LogP contribution in [0.4, 0.5) is 5.00 Å². The highest BCUT2D eigenvalue weighted by Gasteiger charge is 2.30. The summed E-state index contributed by atoms with van der Waals surface area (Å²) in [5.74, 6) is -0.293. The Kier molecular flexibility index (Phi) is 3.39. The average Bonchev–Trinajstić information content (AvgIpc) is 3.00. The second kappa shape index (κ2) is 5.58. The van der Waals surface area contributed by atoms with Crippen molar-refractivity contribution in [3.05, 3.63) is 65.0 Å². The third-order valence-corrected chi connectivity index (χ3v) is 4.89. The second-order valence-electron chi connectivity index (χ2n) is 5.51. The van der Waals surface area contributed by atoms with Crippen molar-refractivity contribution in [3.8, 4) is 22.6 Å². The lowest BCUT2D eigenvalue weighted by atomic mass is 10.0. The molecule has 0 saturated heterocycles. The summed E-state index contributed by atoms with van der Waals surface area (Å²) in [5, 5.41) is 28.2. The maximum atomic E-state index is 12.6. The highest BCUT2D eigenvalue weighted by molar-refractivity contribution is 7.15. The number of carbonyl (C=O) groups excluding carboxylic acids is 1. The van der Waals surface area contributed by atoms with Gasteiger partial charge in [-0.1, -0.05) is 30.3 Å². The molecule has 6 heteroatoms. The molecule has 4 rings (SSSR count). The minimum absolute atomic E-state index is 0.0263. The van der Waals surface area contributed by atoms with Crippen LogP contribution in [0.5, 0.6) is 11.5 Å². The van der Waals surface area contributed by atoms with Crippen molar-refractivity contribution in [2.24, 2.45) is 0 Å². The maximum absolute atomic E-state index is 12.6. The van der Waals surface area contributed by atoms with Crippen LogP contribution >= 0.6 is 11.3 Å². The Hall–Kier alpha value is -2.99. The van der Waals surface area contributed by atoms with E-state index >= 15 is 0 Å². The maximum Gasteiger partial charge on any atom is 0.256 e. The van der Waals surface area contributed by atoms with Gasteiger partial charge in [-0.05, 0) is 17.7 Å². The van der Waals surface area contributed by atoms with Crippen LogP contribution in [0.3, 0.4) is 0 Å². The first-order valence-electron chi connectivity index (χ1n) is 7.39. The van der Waals surface area contributed by atoms with E-state index in [0.717, 1.165) is 16.1 Å². The van der Waals surface area contributed by atoms with E-state index in [1.807, 2.05) is 35.7 Å². The fourth-order valence-electron chi connectivity index (χ4n) is 2.82. The molecule has 1 aliphatic rings. The van der Waals surface area contributed by atoms with Gasteiger partial charge in [-0.15, -0.1) is 11.3 Å². The average molecular weight is 338 g/mol. The minimum Gasteiger partial charge on any atom is -0.508 e. The number of benzene rings is 2. The van der Waals surface area contributed by atoms with Gasteiger partial charge in [0.05, 0.1) is 5.56 Å². The van der Waals surface area contributed by atoms with Crippen molar-refractivity contribution >= 4 is 22.2 Å². The number of phenols is 2. The molecule has 0 radical (unpaired) electrons.